The lowest BCUT2D eigenvalue weighted by atomic mass is 9.70. The van der Waals surface area contributed by atoms with Gasteiger partial charge in [0.15, 0.2) is 0 Å². The Morgan fingerprint density at radius 3 is 0.571 bits per heavy atom. The van der Waals surface area contributed by atoms with Crippen LogP contribution in [-0.4, -0.2) is 101 Å². The van der Waals surface area contributed by atoms with Crippen LogP contribution in [0.15, 0.2) is 0 Å². The molecule has 494 valence electrons. The third-order valence-electron chi connectivity index (χ3n) is 21.5. The van der Waals surface area contributed by atoms with E-state index >= 15 is 0 Å². The Morgan fingerprint density at radius 1 is 0.250 bits per heavy atom. The molecular weight excluding hydrogens is 1060 g/mol. The van der Waals surface area contributed by atoms with Crippen molar-refractivity contribution in [3.8, 4) is 0 Å². The lowest BCUT2D eigenvalue weighted by molar-refractivity contribution is -0.151. The van der Waals surface area contributed by atoms with E-state index in [2.05, 4.69) is 218 Å². The minimum absolute atomic E-state index is 0.00418. The Balaban J connectivity index is 8.24. The van der Waals surface area contributed by atoms with Crippen molar-refractivity contribution in [3.05, 3.63) is 0 Å². The molecule has 0 spiro atoms. The Kier molecular flexibility index (Phi) is 30.5. The van der Waals surface area contributed by atoms with Crippen LogP contribution in [0.1, 0.15) is 272 Å². The first-order chi connectivity index (χ1) is 37.4. The summed E-state index contributed by atoms with van der Waals surface area (Å²) in [5, 5.41) is 7.35. The average molecular weight is 1190 g/mol. The fourth-order valence-electron chi connectivity index (χ4n) is 7.49. The summed E-state index contributed by atoms with van der Waals surface area (Å²) in [6.07, 6.45) is 0.992. The highest BCUT2D eigenvalue weighted by atomic mass is 16.6. The second-order valence-electron chi connectivity index (χ2n) is 34.9. The van der Waals surface area contributed by atoms with Gasteiger partial charge in [-0.15, -0.1) is 0 Å². The molecule has 0 heterocycles. The summed E-state index contributed by atoms with van der Waals surface area (Å²) in [6, 6.07) is -1.11. The molecule has 0 fully saturated rings. The SMILES string of the molecule is CC(C)(C)C(C)(C)COC(=O)CCNC(CCC(=O)OCC(C)(C)C(C)(C)C)C(CCC(=O)OCC(C)(C)C(C)(C)C)C(CCC(=O)OCC(C)(C)C(C)(C)C)C(CCC(=O)OCC(C)(C)C(C)(C)C)NCCC(=O)OCC(C)(C)C(C)(C)C. The molecule has 84 heavy (non-hydrogen) atoms. The Labute approximate surface area is 515 Å². The maximum absolute atomic E-state index is 14.2. The van der Waals surface area contributed by atoms with Gasteiger partial charge in [0.1, 0.15) is 0 Å². The minimum atomic E-state index is -0.555. The lowest BCUT2D eigenvalue weighted by Gasteiger charge is -2.40. The average Bonchev–Trinajstić information content (AvgIpc) is 3.31. The first-order valence-corrected chi connectivity index (χ1v) is 31.8. The van der Waals surface area contributed by atoms with Gasteiger partial charge in [-0.1, -0.05) is 208 Å². The van der Waals surface area contributed by atoms with Crippen LogP contribution in [0.2, 0.25) is 0 Å². The Morgan fingerprint density at radius 2 is 0.405 bits per heavy atom. The van der Waals surface area contributed by atoms with Crippen LogP contribution >= 0.6 is 0 Å². The molecule has 4 unspecified atom stereocenters. The van der Waals surface area contributed by atoms with Crippen molar-refractivity contribution in [2.45, 2.75) is 284 Å². The van der Waals surface area contributed by atoms with Gasteiger partial charge in [-0.3, -0.25) is 28.8 Å². The predicted octanol–water partition coefficient (Wildman–Crippen LogP) is 15.7. The number of nitrogens with one attached hydrogen (secondary N) is 2. The number of carbonyl (C=O) groups is 6. The van der Waals surface area contributed by atoms with Gasteiger partial charge in [-0.25, -0.2) is 0 Å². The van der Waals surface area contributed by atoms with E-state index < -0.39 is 47.8 Å². The second-order valence-corrected chi connectivity index (χ2v) is 34.9. The molecule has 0 aliphatic carbocycles. The van der Waals surface area contributed by atoms with Gasteiger partial charge < -0.3 is 39.1 Å². The molecule has 0 rings (SSSR count). The van der Waals surface area contributed by atoms with E-state index in [1.807, 2.05) is 0 Å². The van der Waals surface area contributed by atoms with E-state index in [0.717, 1.165) is 0 Å². The summed E-state index contributed by atoms with van der Waals surface area (Å²) >= 11 is 0. The van der Waals surface area contributed by atoms with Crippen LogP contribution in [0.5, 0.6) is 0 Å². The van der Waals surface area contributed by atoms with Crippen LogP contribution in [0.25, 0.3) is 0 Å². The van der Waals surface area contributed by atoms with E-state index in [1.54, 1.807) is 0 Å². The summed E-state index contributed by atoms with van der Waals surface area (Å²) in [6.45, 7) is 64.5. The zero-order chi connectivity index (χ0) is 66.2. The number of carbonyl (C=O) groups excluding carboxylic acids is 6. The van der Waals surface area contributed by atoms with Crippen molar-refractivity contribution >= 4 is 35.8 Å². The summed E-state index contributed by atoms with van der Waals surface area (Å²) < 4.78 is 36.1. The van der Waals surface area contributed by atoms with Crippen molar-refractivity contribution in [2.75, 3.05) is 52.7 Å². The summed E-state index contributed by atoms with van der Waals surface area (Å²) in [5.74, 6) is -3.36. The van der Waals surface area contributed by atoms with Crippen LogP contribution in [-0.2, 0) is 57.2 Å². The number of ether oxygens (including phenoxy) is 6. The van der Waals surface area contributed by atoms with Gasteiger partial charge in [0, 0.05) is 83.3 Å². The molecule has 0 aliphatic heterocycles. The molecular formula is C70H132N2O12. The molecule has 0 aromatic heterocycles. The van der Waals surface area contributed by atoms with E-state index in [0.29, 0.717) is 0 Å². The first kappa shape index (κ1) is 80.7. The van der Waals surface area contributed by atoms with Crippen LogP contribution in [0, 0.1) is 76.8 Å². The summed E-state index contributed by atoms with van der Waals surface area (Å²) in [4.78, 5) is 83.8. The zero-order valence-electron chi connectivity index (χ0n) is 59.9. The van der Waals surface area contributed by atoms with Crippen molar-refractivity contribution in [1.29, 1.82) is 0 Å². The smallest absolute Gasteiger partial charge is 0.307 e. The highest BCUT2D eigenvalue weighted by Gasteiger charge is 2.42. The quantitative estimate of drug-likeness (QED) is 0.0452. The zero-order valence-corrected chi connectivity index (χ0v) is 59.9. The minimum Gasteiger partial charge on any atom is -0.465 e. The van der Waals surface area contributed by atoms with Gasteiger partial charge in [-0.05, 0) is 70.0 Å². The summed E-state index contributed by atoms with van der Waals surface area (Å²) in [7, 11) is 0. The van der Waals surface area contributed by atoms with Gasteiger partial charge in [-0.2, -0.15) is 0 Å². The maximum Gasteiger partial charge on any atom is 0.307 e. The molecule has 2 N–H and O–H groups in total. The fourth-order valence-corrected chi connectivity index (χ4v) is 7.49. The van der Waals surface area contributed by atoms with E-state index in [-0.39, 0.29) is 194 Å². The van der Waals surface area contributed by atoms with E-state index in [9.17, 15) is 28.8 Å². The van der Waals surface area contributed by atoms with E-state index in [1.165, 1.54) is 0 Å². The lowest BCUT2D eigenvalue weighted by Crippen LogP contribution is -2.49. The standard InChI is InChI=1S/C70H132N2O12/c1-59(2,3)65(19,20)43-79-53(73)35-31-49(51(33-37-55(75)81-45-67(23,24)61(7,8)9)71-41-39-57(77)83-47-69(27,28)63(13,14)15)50(32-36-54(74)80-44-66(21,22)60(4,5)6)52(34-38-56(76)82-46-68(25,26)62(10,11)12)72-42-40-58(78)84-48-70(29,30)64(16,17)18/h49-52,71-72H,31-48H2,1-30H3. The molecule has 0 amide bonds. The summed E-state index contributed by atoms with van der Waals surface area (Å²) in [5.41, 5.74) is -2.96. The molecule has 14 nitrogen and oxygen atoms in total. The molecule has 0 aliphatic rings. The van der Waals surface area contributed by atoms with Crippen molar-refractivity contribution in [1.82, 2.24) is 10.6 Å². The van der Waals surface area contributed by atoms with Crippen LogP contribution < -0.4 is 10.6 Å². The van der Waals surface area contributed by atoms with Gasteiger partial charge in [0.2, 0.25) is 0 Å². The molecule has 0 radical (unpaired) electrons. The number of rotatable bonds is 35. The second kappa shape index (κ2) is 31.8. The molecule has 0 bridgehead atoms. The molecule has 14 heteroatoms. The highest BCUT2D eigenvalue weighted by Crippen LogP contribution is 2.43. The Hall–Kier alpha value is -3.26. The monoisotopic (exact) mass is 1190 g/mol. The normalized spacial score (nSPS) is 15.4. The molecule has 4 atom stereocenters. The fraction of sp³-hybridized carbons (Fsp3) is 0.914. The number of hydrogen-bond donors (Lipinski definition) is 2. The van der Waals surface area contributed by atoms with Crippen LogP contribution in [0.4, 0.5) is 0 Å². The maximum atomic E-state index is 14.2. The molecule has 0 aromatic rings. The van der Waals surface area contributed by atoms with Crippen molar-refractivity contribution in [2.24, 2.45) is 76.8 Å². The predicted molar refractivity (Wildman–Crippen MR) is 342 cm³/mol. The van der Waals surface area contributed by atoms with Gasteiger partial charge >= 0.3 is 35.8 Å². The van der Waals surface area contributed by atoms with Gasteiger partial charge in [0.25, 0.3) is 0 Å². The van der Waals surface area contributed by atoms with Crippen LogP contribution in [0.3, 0.4) is 0 Å². The van der Waals surface area contributed by atoms with Gasteiger partial charge in [0.05, 0.1) is 52.5 Å². The topological polar surface area (TPSA) is 182 Å². The first-order valence-electron chi connectivity index (χ1n) is 31.8. The molecule has 0 saturated heterocycles. The number of esters is 6. The third-order valence-corrected chi connectivity index (χ3v) is 21.5. The third kappa shape index (κ3) is 27.8. The van der Waals surface area contributed by atoms with Crippen molar-refractivity contribution in [3.63, 3.8) is 0 Å². The largest absolute Gasteiger partial charge is 0.465 e. The Bertz CT molecular complexity index is 1910. The molecule has 0 saturated carbocycles. The highest BCUT2D eigenvalue weighted by molar-refractivity contribution is 5.71. The van der Waals surface area contributed by atoms with Crippen molar-refractivity contribution < 1.29 is 57.2 Å². The number of hydrogen-bond acceptors (Lipinski definition) is 14. The van der Waals surface area contributed by atoms with E-state index in [4.69, 9.17) is 28.4 Å². The molecule has 0 aromatic carbocycles.